The molecule has 1 atom stereocenters. The zero-order valence-corrected chi connectivity index (χ0v) is 12.0. The third-order valence-electron chi connectivity index (χ3n) is 2.61. The largest absolute Gasteiger partial charge is 0.480 e. The van der Waals surface area contributed by atoms with Gasteiger partial charge in [-0.3, -0.25) is 9.59 Å². The van der Waals surface area contributed by atoms with Crippen LogP contribution >= 0.6 is 22.6 Å². The highest BCUT2D eigenvalue weighted by atomic mass is 127. The van der Waals surface area contributed by atoms with E-state index in [0.717, 1.165) is 6.07 Å². The number of carbonyl (C=O) groups excluding carboxylic acids is 1. The molecule has 0 bridgehead atoms. The van der Waals surface area contributed by atoms with Gasteiger partial charge in [0.15, 0.2) is 5.41 Å². The quantitative estimate of drug-likeness (QED) is 0.505. The van der Waals surface area contributed by atoms with E-state index in [4.69, 9.17) is 4.74 Å². The van der Waals surface area contributed by atoms with Crippen LogP contribution in [0.2, 0.25) is 0 Å². The maximum atomic E-state index is 13.5. The fraction of sp³-hybridized carbons (Fsp3) is 0.333. The topological polar surface area (TPSA) is 63.6 Å². The van der Waals surface area contributed by atoms with E-state index in [1.165, 1.54) is 19.1 Å². The smallest absolute Gasteiger partial charge is 0.327 e. The van der Waals surface area contributed by atoms with Crippen molar-refractivity contribution in [3.05, 3.63) is 33.1 Å². The first kappa shape index (κ1) is 14.9. The van der Waals surface area contributed by atoms with Crippen LogP contribution in [-0.2, 0) is 19.7 Å². The summed E-state index contributed by atoms with van der Waals surface area (Å²) < 4.78 is 18.6. The van der Waals surface area contributed by atoms with Crippen LogP contribution in [0.4, 0.5) is 4.39 Å². The molecule has 1 aromatic rings. The minimum atomic E-state index is -1.90. The van der Waals surface area contributed by atoms with Gasteiger partial charge in [-0.1, -0.05) is 6.07 Å². The van der Waals surface area contributed by atoms with Crippen LogP contribution in [0.25, 0.3) is 0 Å². The summed E-state index contributed by atoms with van der Waals surface area (Å²) in [6.45, 7) is 2.85. The number of ether oxygens (including phenoxy) is 1. The van der Waals surface area contributed by atoms with Gasteiger partial charge in [-0.05, 0) is 54.1 Å². The number of hydrogen-bond acceptors (Lipinski definition) is 3. The van der Waals surface area contributed by atoms with Gasteiger partial charge in [0.1, 0.15) is 5.82 Å². The molecule has 0 aliphatic rings. The maximum absolute atomic E-state index is 13.5. The van der Waals surface area contributed by atoms with E-state index in [9.17, 15) is 19.1 Å². The number of carboxylic acids is 1. The maximum Gasteiger partial charge on any atom is 0.327 e. The van der Waals surface area contributed by atoms with Crippen molar-refractivity contribution in [2.75, 3.05) is 6.61 Å². The Morgan fingerprint density at radius 3 is 2.56 bits per heavy atom. The number of aliphatic carboxylic acids is 1. The van der Waals surface area contributed by atoms with Crippen molar-refractivity contribution in [1.82, 2.24) is 0 Å². The third kappa shape index (κ3) is 2.63. The molecule has 0 amide bonds. The molecule has 0 saturated carbocycles. The number of carbonyl (C=O) groups is 2. The molecule has 6 heteroatoms. The average Bonchev–Trinajstić information content (AvgIpc) is 2.31. The van der Waals surface area contributed by atoms with Crippen LogP contribution in [-0.4, -0.2) is 23.7 Å². The van der Waals surface area contributed by atoms with Crippen LogP contribution in [0, 0.1) is 9.39 Å². The van der Waals surface area contributed by atoms with E-state index < -0.39 is 23.2 Å². The summed E-state index contributed by atoms with van der Waals surface area (Å²) >= 11 is 1.78. The Morgan fingerprint density at radius 1 is 1.50 bits per heavy atom. The highest BCUT2D eigenvalue weighted by Crippen LogP contribution is 2.28. The summed E-state index contributed by atoms with van der Waals surface area (Å²) in [6, 6.07) is 3.88. The van der Waals surface area contributed by atoms with Crippen LogP contribution in [0.3, 0.4) is 0 Å². The molecule has 1 aromatic carbocycles. The van der Waals surface area contributed by atoms with E-state index in [1.54, 1.807) is 29.5 Å². The molecule has 0 aromatic heterocycles. The van der Waals surface area contributed by atoms with Crippen LogP contribution in [0.5, 0.6) is 0 Å². The van der Waals surface area contributed by atoms with E-state index in [2.05, 4.69) is 0 Å². The molecule has 98 valence electrons. The lowest BCUT2D eigenvalue weighted by molar-refractivity contribution is -0.160. The zero-order valence-electron chi connectivity index (χ0n) is 9.87. The van der Waals surface area contributed by atoms with Gasteiger partial charge in [0.05, 0.1) is 6.61 Å². The van der Waals surface area contributed by atoms with Crippen molar-refractivity contribution in [2.24, 2.45) is 0 Å². The SMILES string of the molecule is CCOC(=O)C(C)(C(=O)O)c1ccc(I)c(F)c1. The molecule has 0 aliphatic carbocycles. The van der Waals surface area contributed by atoms with Gasteiger partial charge in [0.25, 0.3) is 0 Å². The Balaban J connectivity index is 3.31. The first-order valence-electron chi connectivity index (χ1n) is 5.20. The second-order valence-electron chi connectivity index (χ2n) is 3.78. The molecule has 1 rings (SSSR count). The molecule has 4 nitrogen and oxygen atoms in total. The Labute approximate surface area is 117 Å². The minimum absolute atomic E-state index is 0.0615. The van der Waals surface area contributed by atoms with E-state index >= 15 is 0 Å². The van der Waals surface area contributed by atoms with Gasteiger partial charge in [-0.2, -0.15) is 0 Å². The number of benzene rings is 1. The van der Waals surface area contributed by atoms with Crippen molar-refractivity contribution >= 4 is 34.5 Å². The van der Waals surface area contributed by atoms with Crippen molar-refractivity contribution < 1.29 is 23.8 Å². The first-order valence-corrected chi connectivity index (χ1v) is 6.28. The number of carboxylic acid groups (broad SMARTS) is 1. The number of halogens is 2. The monoisotopic (exact) mass is 366 g/mol. The van der Waals surface area contributed by atoms with Crippen molar-refractivity contribution in [3.8, 4) is 0 Å². The second-order valence-corrected chi connectivity index (χ2v) is 4.94. The van der Waals surface area contributed by atoms with Gasteiger partial charge in [0, 0.05) is 3.57 Å². The minimum Gasteiger partial charge on any atom is -0.480 e. The highest BCUT2D eigenvalue weighted by molar-refractivity contribution is 14.1. The molecule has 0 fully saturated rings. The Morgan fingerprint density at radius 2 is 2.11 bits per heavy atom. The highest BCUT2D eigenvalue weighted by Gasteiger charge is 2.45. The number of rotatable bonds is 4. The van der Waals surface area contributed by atoms with Crippen molar-refractivity contribution in [1.29, 1.82) is 0 Å². The van der Waals surface area contributed by atoms with Crippen LogP contribution in [0.15, 0.2) is 18.2 Å². The standard InChI is InChI=1S/C12H12FIO4/c1-3-18-11(17)12(2,10(15)16)7-4-5-9(14)8(13)6-7/h4-6H,3H2,1-2H3,(H,15,16). The first-order chi connectivity index (χ1) is 8.33. The summed E-state index contributed by atoms with van der Waals surface area (Å²) in [4.78, 5) is 23.1. The van der Waals surface area contributed by atoms with E-state index in [1.807, 2.05) is 0 Å². The summed E-state index contributed by atoms with van der Waals surface area (Å²) in [7, 11) is 0. The Hall–Kier alpha value is -1.18. The molecular weight excluding hydrogens is 354 g/mol. The predicted molar refractivity (Wildman–Crippen MR) is 70.7 cm³/mol. The predicted octanol–water partition coefficient (Wildman–Crippen LogP) is 2.34. The molecule has 1 N–H and O–H groups in total. The average molecular weight is 366 g/mol. The lowest BCUT2D eigenvalue weighted by Gasteiger charge is -2.23. The summed E-state index contributed by atoms with van der Waals surface area (Å²) in [5.74, 6) is -2.84. The van der Waals surface area contributed by atoms with Gasteiger partial charge < -0.3 is 9.84 Å². The fourth-order valence-electron chi connectivity index (χ4n) is 1.41. The summed E-state index contributed by atoms with van der Waals surface area (Å²) in [6.07, 6.45) is 0. The fourth-order valence-corrected chi connectivity index (χ4v) is 1.75. The van der Waals surface area contributed by atoms with Crippen LogP contribution < -0.4 is 0 Å². The zero-order chi connectivity index (χ0) is 13.9. The molecule has 18 heavy (non-hydrogen) atoms. The lowest BCUT2D eigenvalue weighted by Crippen LogP contribution is -2.42. The molecule has 0 radical (unpaired) electrons. The molecule has 1 unspecified atom stereocenters. The normalized spacial score (nSPS) is 13.8. The summed E-state index contributed by atoms with van der Waals surface area (Å²) in [5, 5.41) is 9.22. The van der Waals surface area contributed by atoms with Gasteiger partial charge >= 0.3 is 11.9 Å². The Kier molecular flexibility index (Phi) is 4.66. The second kappa shape index (κ2) is 5.64. The molecular formula is C12H12FIO4. The molecule has 0 spiro atoms. The summed E-state index contributed by atoms with van der Waals surface area (Å²) in [5.41, 5.74) is -1.84. The third-order valence-corrected chi connectivity index (χ3v) is 3.48. The van der Waals surface area contributed by atoms with Crippen molar-refractivity contribution in [3.63, 3.8) is 0 Å². The molecule has 0 aliphatic heterocycles. The van der Waals surface area contributed by atoms with Gasteiger partial charge in [-0.15, -0.1) is 0 Å². The van der Waals surface area contributed by atoms with Crippen molar-refractivity contribution in [2.45, 2.75) is 19.3 Å². The van der Waals surface area contributed by atoms with Crippen LogP contribution in [0.1, 0.15) is 19.4 Å². The molecule has 0 saturated heterocycles. The Bertz CT molecular complexity index is 489. The number of hydrogen-bond donors (Lipinski definition) is 1. The van der Waals surface area contributed by atoms with Gasteiger partial charge in [0.2, 0.25) is 0 Å². The van der Waals surface area contributed by atoms with Gasteiger partial charge in [-0.25, -0.2) is 4.39 Å². The molecule has 0 heterocycles. The van der Waals surface area contributed by atoms with E-state index in [-0.39, 0.29) is 12.2 Å². The van der Waals surface area contributed by atoms with E-state index in [0.29, 0.717) is 3.57 Å². The lowest BCUT2D eigenvalue weighted by atomic mass is 9.82. The number of esters is 1.